The van der Waals surface area contributed by atoms with Gasteiger partial charge >= 0.3 is 0 Å². The minimum absolute atomic E-state index is 0.607. The number of hydrogen-bond donors (Lipinski definition) is 2. The molecule has 124 valence electrons. The maximum Gasteiger partial charge on any atom is 0.191 e. The van der Waals surface area contributed by atoms with Crippen molar-refractivity contribution in [1.82, 2.24) is 20.4 Å². The summed E-state index contributed by atoms with van der Waals surface area (Å²) in [6.07, 6.45) is 2.41. The predicted octanol–water partition coefficient (Wildman–Crippen LogP) is 1.23. The second-order valence-electron chi connectivity index (χ2n) is 6.21. The van der Waals surface area contributed by atoms with E-state index in [0.29, 0.717) is 5.92 Å². The van der Waals surface area contributed by atoms with Gasteiger partial charge in [0.1, 0.15) is 0 Å². The summed E-state index contributed by atoms with van der Waals surface area (Å²) in [6.45, 7) is 15.4. The van der Waals surface area contributed by atoms with Crippen molar-refractivity contribution in [3.8, 4) is 0 Å². The van der Waals surface area contributed by atoms with E-state index in [1.165, 1.54) is 39.0 Å². The van der Waals surface area contributed by atoms with Crippen molar-refractivity contribution in [3.05, 3.63) is 0 Å². The highest BCUT2D eigenvalue weighted by Gasteiger charge is 2.15. The second-order valence-corrected chi connectivity index (χ2v) is 6.21. The minimum atomic E-state index is 0.607. The molecule has 1 rings (SSSR count). The summed E-state index contributed by atoms with van der Waals surface area (Å²) in [7, 11) is 2.20. The van der Waals surface area contributed by atoms with Crippen molar-refractivity contribution >= 4 is 5.96 Å². The number of piperazine rings is 1. The molecule has 1 aliphatic heterocycles. The van der Waals surface area contributed by atoms with E-state index in [9.17, 15) is 0 Å². The zero-order chi connectivity index (χ0) is 15.5. The van der Waals surface area contributed by atoms with E-state index in [2.05, 4.69) is 48.3 Å². The van der Waals surface area contributed by atoms with Crippen molar-refractivity contribution in [3.63, 3.8) is 0 Å². The van der Waals surface area contributed by atoms with Gasteiger partial charge in [-0.15, -0.1) is 0 Å². The summed E-state index contributed by atoms with van der Waals surface area (Å²) in [5, 5.41) is 6.73. The number of hydrogen-bond acceptors (Lipinski definition) is 3. The Morgan fingerprint density at radius 2 is 1.86 bits per heavy atom. The van der Waals surface area contributed by atoms with Crippen molar-refractivity contribution in [2.24, 2.45) is 10.9 Å². The maximum absolute atomic E-state index is 4.72. The molecule has 5 heteroatoms. The zero-order valence-electron chi connectivity index (χ0n) is 14.5. The van der Waals surface area contributed by atoms with Crippen LogP contribution < -0.4 is 10.6 Å². The van der Waals surface area contributed by atoms with Crippen molar-refractivity contribution in [2.75, 3.05) is 59.4 Å². The number of unbranched alkanes of at least 4 members (excludes halogenated alkanes) is 1. The highest BCUT2D eigenvalue weighted by molar-refractivity contribution is 5.79. The molecule has 1 saturated heterocycles. The molecule has 5 nitrogen and oxygen atoms in total. The molecule has 1 aliphatic rings. The van der Waals surface area contributed by atoms with E-state index in [0.717, 1.165) is 32.1 Å². The molecule has 0 aromatic carbocycles. The van der Waals surface area contributed by atoms with Gasteiger partial charge in [0, 0.05) is 52.4 Å². The van der Waals surface area contributed by atoms with Crippen LogP contribution in [0.2, 0.25) is 0 Å². The Balaban J connectivity index is 2.29. The van der Waals surface area contributed by atoms with Gasteiger partial charge < -0.3 is 20.4 Å². The third-order valence-electron chi connectivity index (χ3n) is 3.89. The molecule has 0 aromatic rings. The van der Waals surface area contributed by atoms with Gasteiger partial charge in [-0.3, -0.25) is 4.99 Å². The fraction of sp³-hybridized carbons (Fsp3) is 0.938. The largest absolute Gasteiger partial charge is 0.357 e. The van der Waals surface area contributed by atoms with Crippen molar-refractivity contribution in [2.45, 2.75) is 33.6 Å². The lowest BCUT2D eigenvalue weighted by Gasteiger charge is -2.33. The summed E-state index contributed by atoms with van der Waals surface area (Å²) in [4.78, 5) is 9.69. The van der Waals surface area contributed by atoms with Crippen LogP contribution in [0.25, 0.3) is 0 Å². The highest BCUT2D eigenvalue weighted by atomic mass is 15.2. The highest BCUT2D eigenvalue weighted by Crippen LogP contribution is 2.04. The lowest BCUT2D eigenvalue weighted by molar-refractivity contribution is 0.140. The summed E-state index contributed by atoms with van der Waals surface area (Å²) in [5.41, 5.74) is 0. The molecule has 0 aromatic heterocycles. The molecule has 1 heterocycles. The fourth-order valence-electron chi connectivity index (χ4n) is 2.50. The Morgan fingerprint density at radius 3 is 2.48 bits per heavy atom. The molecule has 0 saturated carbocycles. The van der Waals surface area contributed by atoms with E-state index in [1.807, 2.05) is 0 Å². The van der Waals surface area contributed by atoms with Gasteiger partial charge in [-0.2, -0.15) is 0 Å². The number of guanidine groups is 1. The molecule has 21 heavy (non-hydrogen) atoms. The molecule has 0 bridgehead atoms. The molecular formula is C16H35N5. The number of aliphatic imine (C=N–C) groups is 1. The first-order chi connectivity index (χ1) is 10.2. The Hall–Kier alpha value is -0.810. The topological polar surface area (TPSA) is 42.9 Å². The van der Waals surface area contributed by atoms with E-state index in [4.69, 9.17) is 4.99 Å². The van der Waals surface area contributed by atoms with Gasteiger partial charge in [0.15, 0.2) is 5.96 Å². The summed E-state index contributed by atoms with van der Waals surface area (Å²) < 4.78 is 0. The summed E-state index contributed by atoms with van der Waals surface area (Å²) in [6, 6.07) is 0. The van der Waals surface area contributed by atoms with Crippen LogP contribution in [0.5, 0.6) is 0 Å². The van der Waals surface area contributed by atoms with Gasteiger partial charge in [0.05, 0.1) is 0 Å². The number of likely N-dealkylation sites (N-methyl/N-ethyl adjacent to an activating group) is 1. The van der Waals surface area contributed by atoms with E-state index in [1.54, 1.807) is 0 Å². The third kappa shape index (κ3) is 8.27. The monoisotopic (exact) mass is 297 g/mol. The number of nitrogens with one attached hydrogen (secondary N) is 2. The molecule has 1 unspecified atom stereocenters. The van der Waals surface area contributed by atoms with Gasteiger partial charge in [0.25, 0.3) is 0 Å². The molecule has 1 fully saturated rings. The standard InChI is InChI=1S/C16H35N5/c1-5-7-8-18-16(17-6-2)19-13-15(3)14-21-11-9-20(4)10-12-21/h15H,5-14H2,1-4H3,(H2,17,18,19). The first-order valence-electron chi connectivity index (χ1n) is 8.58. The van der Waals surface area contributed by atoms with Crippen LogP contribution in [-0.2, 0) is 0 Å². The fourth-order valence-corrected chi connectivity index (χ4v) is 2.50. The average Bonchev–Trinajstić information content (AvgIpc) is 2.47. The van der Waals surface area contributed by atoms with Crippen LogP contribution in [-0.4, -0.2) is 75.2 Å². The molecular weight excluding hydrogens is 262 g/mol. The smallest absolute Gasteiger partial charge is 0.191 e. The second kappa shape index (κ2) is 10.9. The summed E-state index contributed by atoms with van der Waals surface area (Å²) in [5.74, 6) is 1.58. The quantitative estimate of drug-likeness (QED) is 0.402. The molecule has 2 N–H and O–H groups in total. The lowest BCUT2D eigenvalue weighted by atomic mass is 10.1. The molecule has 0 aliphatic carbocycles. The van der Waals surface area contributed by atoms with Gasteiger partial charge in [-0.05, 0) is 26.3 Å². The molecule has 0 spiro atoms. The summed E-state index contributed by atoms with van der Waals surface area (Å²) >= 11 is 0. The van der Waals surface area contributed by atoms with Crippen molar-refractivity contribution in [1.29, 1.82) is 0 Å². The maximum atomic E-state index is 4.72. The zero-order valence-corrected chi connectivity index (χ0v) is 14.5. The van der Waals surface area contributed by atoms with Crippen LogP contribution >= 0.6 is 0 Å². The van der Waals surface area contributed by atoms with Crippen LogP contribution in [0.1, 0.15) is 33.6 Å². The average molecular weight is 297 g/mol. The SMILES string of the molecule is CCCCNC(=NCC(C)CN1CCN(C)CC1)NCC. The predicted molar refractivity (Wildman–Crippen MR) is 92.0 cm³/mol. The third-order valence-corrected chi connectivity index (χ3v) is 3.89. The minimum Gasteiger partial charge on any atom is -0.357 e. The molecule has 1 atom stereocenters. The van der Waals surface area contributed by atoms with Gasteiger partial charge in [0.2, 0.25) is 0 Å². The van der Waals surface area contributed by atoms with Crippen LogP contribution in [0.4, 0.5) is 0 Å². The van der Waals surface area contributed by atoms with Gasteiger partial charge in [-0.1, -0.05) is 20.3 Å². The number of nitrogens with zero attached hydrogens (tertiary/aromatic N) is 3. The van der Waals surface area contributed by atoms with E-state index in [-0.39, 0.29) is 0 Å². The first-order valence-corrected chi connectivity index (χ1v) is 8.58. The Morgan fingerprint density at radius 1 is 1.14 bits per heavy atom. The molecule has 0 radical (unpaired) electrons. The Kier molecular flexibility index (Phi) is 9.42. The molecule has 0 amide bonds. The van der Waals surface area contributed by atoms with Crippen LogP contribution in [0, 0.1) is 5.92 Å². The Labute approximate surface area is 131 Å². The lowest BCUT2D eigenvalue weighted by Crippen LogP contribution is -2.46. The van der Waals surface area contributed by atoms with E-state index < -0.39 is 0 Å². The first kappa shape index (κ1) is 18.2. The normalized spacial score (nSPS) is 19.5. The van der Waals surface area contributed by atoms with Gasteiger partial charge in [-0.25, -0.2) is 0 Å². The number of rotatable bonds is 8. The van der Waals surface area contributed by atoms with Crippen LogP contribution in [0.15, 0.2) is 4.99 Å². The van der Waals surface area contributed by atoms with E-state index >= 15 is 0 Å². The Bertz CT molecular complexity index is 284. The van der Waals surface area contributed by atoms with Crippen LogP contribution in [0.3, 0.4) is 0 Å². The van der Waals surface area contributed by atoms with Crippen molar-refractivity contribution < 1.29 is 0 Å².